The molecule has 10 aromatic rings. The highest BCUT2D eigenvalue weighted by atomic mass is 15.1. The highest BCUT2D eigenvalue weighted by Gasteiger charge is 2.18. The molecule has 0 aliphatic carbocycles. The van der Waals surface area contributed by atoms with E-state index in [9.17, 15) is 0 Å². The van der Waals surface area contributed by atoms with E-state index in [2.05, 4.69) is 229 Å². The van der Waals surface area contributed by atoms with Crippen LogP contribution in [0.3, 0.4) is 0 Å². The number of para-hydroxylation sites is 2. The number of benzene rings is 9. The van der Waals surface area contributed by atoms with Crippen LogP contribution in [0.15, 0.2) is 212 Å². The molecule has 0 unspecified atom stereocenters. The molecule has 1 aromatic heterocycles. The predicted octanol–water partition coefficient (Wildman–Crippen LogP) is 14.7. The van der Waals surface area contributed by atoms with E-state index in [4.69, 9.17) is 0 Å². The predicted molar refractivity (Wildman–Crippen MR) is 234 cm³/mol. The van der Waals surface area contributed by atoms with Crippen LogP contribution in [0.2, 0.25) is 0 Å². The lowest BCUT2D eigenvalue weighted by molar-refractivity contribution is 1.17. The van der Waals surface area contributed by atoms with E-state index in [1.165, 1.54) is 77.2 Å². The van der Waals surface area contributed by atoms with Gasteiger partial charge in [-0.2, -0.15) is 0 Å². The molecule has 9 aromatic carbocycles. The smallest absolute Gasteiger partial charge is 0.0541 e. The summed E-state index contributed by atoms with van der Waals surface area (Å²) in [6.07, 6.45) is 0. The van der Waals surface area contributed by atoms with Crippen LogP contribution in [0.25, 0.3) is 71.6 Å². The largest absolute Gasteiger partial charge is 0.310 e. The van der Waals surface area contributed by atoms with Crippen LogP contribution in [0.5, 0.6) is 0 Å². The van der Waals surface area contributed by atoms with Crippen LogP contribution < -0.4 is 4.90 Å². The summed E-state index contributed by atoms with van der Waals surface area (Å²) in [6, 6.07) is 77.0. The topological polar surface area (TPSA) is 8.17 Å². The van der Waals surface area contributed by atoms with E-state index in [-0.39, 0.29) is 0 Å². The highest BCUT2D eigenvalue weighted by molar-refractivity contribution is 6.11. The van der Waals surface area contributed by atoms with Crippen LogP contribution in [-0.2, 0) is 0 Å². The Morgan fingerprint density at radius 2 is 0.873 bits per heavy atom. The van der Waals surface area contributed by atoms with E-state index >= 15 is 0 Å². The van der Waals surface area contributed by atoms with Gasteiger partial charge in [0.2, 0.25) is 0 Å². The van der Waals surface area contributed by atoms with E-state index in [0.29, 0.717) is 0 Å². The van der Waals surface area contributed by atoms with E-state index < -0.39 is 0 Å². The van der Waals surface area contributed by atoms with Crippen molar-refractivity contribution in [1.82, 2.24) is 4.57 Å². The van der Waals surface area contributed by atoms with Gasteiger partial charge in [-0.15, -0.1) is 0 Å². The number of fused-ring (bicyclic) bond motifs is 4. The zero-order valence-electron chi connectivity index (χ0n) is 30.6. The summed E-state index contributed by atoms with van der Waals surface area (Å²) in [7, 11) is 0. The fourth-order valence-electron chi connectivity index (χ4n) is 8.13. The van der Waals surface area contributed by atoms with Gasteiger partial charge in [-0.1, -0.05) is 157 Å². The number of hydrogen-bond acceptors (Lipinski definition) is 1. The molecule has 0 aliphatic rings. The number of nitrogens with zero attached hydrogens (tertiary/aromatic N) is 2. The van der Waals surface area contributed by atoms with Crippen molar-refractivity contribution in [1.29, 1.82) is 0 Å². The second-order valence-corrected chi connectivity index (χ2v) is 14.3. The molecule has 0 bridgehead atoms. The van der Waals surface area contributed by atoms with Gasteiger partial charge in [-0.25, -0.2) is 0 Å². The maximum atomic E-state index is 2.38. The Hall–Kier alpha value is -7.16. The Bertz CT molecular complexity index is 2940. The van der Waals surface area contributed by atoms with Crippen molar-refractivity contribution in [2.24, 2.45) is 0 Å². The van der Waals surface area contributed by atoms with Gasteiger partial charge in [-0.05, 0) is 106 Å². The van der Waals surface area contributed by atoms with Gasteiger partial charge < -0.3 is 9.47 Å². The number of aromatic nitrogens is 1. The molecule has 2 heteroatoms. The maximum Gasteiger partial charge on any atom is 0.0541 e. The van der Waals surface area contributed by atoms with Crippen LogP contribution in [0, 0.1) is 6.92 Å². The lowest BCUT2D eigenvalue weighted by Gasteiger charge is -2.27. The molecular formula is C53H38N2. The number of aryl methyl sites for hydroxylation is 1. The van der Waals surface area contributed by atoms with Gasteiger partial charge in [0.25, 0.3) is 0 Å². The lowest BCUT2D eigenvalue weighted by atomic mass is 9.94. The fourth-order valence-corrected chi connectivity index (χ4v) is 8.13. The average Bonchev–Trinajstić information content (AvgIpc) is 3.59. The number of hydrogen-bond donors (Lipinski definition) is 0. The van der Waals surface area contributed by atoms with Crippen molar-refractivity contribution < 1.29 is 0 Å². The highest BCUT2D eigenvalue weighted by Crippen LogP contribution is 2.43. The quantitative estimate of drug-likeness (QED) is 0.160. The molecule has 55 heavy (non-hydrogen) atoms. The molecule has 0 radical (unpaired) electrons. The maximum absolute atomic E-state index is 2.38. The Morgan fingerprint density at radius 3 is 1.62 bits per heavy atom. The van der Waals surface area contributed by atoms with Gasteiger partial charge in [0.15, 0.2) is 0 Å². The first-order valence-corrected chi connectivity index (χ1v) is 18.9. The average molecular weight is 703 g/mol. The summed E-state index contributed by atoms with van der Waals surface area (Å²) in [5, 5.41) is 4.95. The molecule has 0 saturated heterocycles. The van der Waals surface area contributed by atoms with E-state index in [0.717, 1.165) is 17.1 Å². The van der Waals surface area contributed by atoms with Crippen molar-refractivity contribution in [3.05, 3.63) is 218 Å². The third-order valence-corrected chi connectivity index (χ3v) is 10.9. The Balaban J connectivity index is 1.03. The minimum Gasteiger partial charge on any atom is -0.310 e. The first kappa shape index (κ1) is 32.5. The Kier molecular flexibility index (Phi) is 8.08. The van der Waals surface area contributed by atoms with Crippen molar-refractivity contribution in [2.75, 3.05) is 4.90 Å². The molecule has 0 aliphatic heterocycles. The molecule has 0 fully saturated rings. The Morgan fingerprint density at radius 1 is 0.345 bits per heavy atom. The fraction of sp³-hybridized carbons (Fsp3) is 0.0189. The van der Waals surface area contributed by atoms with Crippen LogP contribution in [-0.4, -0.2) is 4.57 Å². The minimum absolute atomic E-state index is 1.12. The molecule has 1 heterocycles. The molecule has 0 N–H and O–H groups in total. The zero-order chi connectivity index (χ0) is 36.7. The number of rotatable bonds is 7. The summed E-state index contributed by atoms with van der Waals surface area (Å²) < 4.78 is 2.38. The summed E-state index contributed by atoms with van der Waals surface area (Å²) in [5.41, 5.74) is 15.5. The molecule has 0 saturated carbocycles. The van der Waals surface area contributed by atoms with Crippen LogP contribution >= 0.6 is 0 Å². The van der Waals surface area contributed by atoms with Crippen LogP contribution in [0.1, 0.15) is 5.56 Å². The monoisotopic (exact) mass is 702 g/mol. The van der Waals surface area contributed by atoms with Crippen molar-refractivity contribution in [3.63, 3.8) is 0 Å². The lowest BCUT2D eigenvalue weighted by Crippen LogP contribution is -2.10. The van der Waals surface area contributed by atoms with Gasteiger partial charge in [0.1, 0.15) is 0 Å². The molecule has 10 rings (SSSR count). The summed E-state index contributed by atoms with van der Waals surface area (Å²) in [4.78, 5) is 2.37. The second-order valence-electron chi connectivity index (χ2n) is 14.3. The standard InChI is InChI=1S/C53H38N2/c1-37-20-29-45(30-21-37)55-51-19-11-10-18-49(51)50-36-42(28-34-53(50)55)40-22-24-41(25-23-40)46-33-35-52(48-17-9-8-16-47(46)48)54(43-14-6-3-7-15-43)44-31-26-39(27-32-44)38-12-4-2-5-13-38/h2-36H,1H3. The first-order chi connectivity index (χ1) is 27.2. The third kappa shape index (κ3) is 5.85. The van der Waals surface area contributed by atoms with Gasteiger partial charge in [0.05, 0.1) is 16.7 Å². The molecule has 0 amide bonds. The van der Waals surface area contributed by atoms with Gasteiger partial charge in [-0.3, -0.25) is 0 Å². The normalized spacial score (nSPS) is 11.4. The second kappa shape index (κ2) is 13.7. The summed E-state index contributed by atoms with van der Waals surface area (Å²) in [6.45, 7) is 2.14. The first-order valence-electron chi connectivity index (χ1n) is 18.9. The van der Waals surface area contributed by atoms with Gasteiger partial charge >= 0.3 is 0 Å². The summed E-state index contributed by atoms with van der Waals surface area (Å²) in [5.74, 6) is 0. The van der Waals surface area contributed by atoms with Crippen LogP contribution in [0.4, 0.5) is 17.1 Å². The molecule has 260 valence electrons. The molecule has 2 nitrogen and oxygen atoms in total. The number of anilines is 3. The third-order valence-electron chi connectivity index (χ3n) is 10.9. The van der Waals surface area contributed by atoms with Crippen molar-refractivity contribution >= 4 is 49.6 Å². The SMILES string of the molecule is Cc1ccc(-n2c3ccccc3c3cc(-c4ccc(-c5ccc(N(c6ccccc6)c6ccc(-c7ccccc7)cc6)c6ccccc56)cc4)ccc32)cc1. The van der Waals surface area contributed by atoms with Gasteiger partial charge in [0, 0.05) is 33.2 Å². The molecule has 0 atom stereocenters. The van der Waals surface area contributed by atoms with Crippen molar-refractivity contribution in [2.45, 2.75) is 6.92 Å². The zero-order valence-corrected chi connectivity index (χ0v) is 30.6. The molecular weight excluding hydrogens is 665 g/mol. The van der Waals surface area contributed by atoms with E-state index in [1.54, 1.807) is 0 Å². The molecule has 0 spiro atoms. The van der Waals surface area contributed by atoms with E-state index in [1.807, 2.05) is 0 Å². The minimum atomic E-state index is 1.12. The Labute approximate surface area is 321 Å². The summed E-state index contributed by atoms with van der Waals surface area (Å²) >= 11 is 0. The van der Waals surface area contributed by atoms with Crippen molar-refractivity contribution in [3.8, 4) is 39.1 Å².